The van der Waals surface area contributed by atoms with Crippen LogP contribution in [0.3, 0.4) is 0 Å². The molecule has 88 valence electrons. The van der Waals surface area contributed by atoms with Crippen molar-refractivity contribution in [1.82, 2.24) is 9.66 Å². The number of carbonyl (C=O) groups excluding carboxylic acids is 1. The van der Waals surface area contributed by atoms with Crippen molar-refractivity contribution < 1.29 is 9.90 Å². The van der Waals surface area contributed by atoms with Gasteiger partial charge in [-0.25, -0.2) is 14.7 Å². The van der Waals surface area contributed by atoms with E-state index >= 15 is 0 Å². The molecule has 1 atom stereocenters. The fourth-order valence-electron chi connectivity index (χ4n) is 1.55. The lowest BCUT2D eigenvalue weighted by Crippen LogP contribution is -2.36. The molecule has 0 saturated heterocycles. The second kappa shape index (κ2) is 5.27. The van der Waals surface area contributed by atoms with Crippen LogP contribution in [0.5, 0.6) is 0 Å². The second-order valence-electron chi connectivity index (χ2n) is 3.60. The Morgan fingerprint density at radius 2 is 2.18 bits per heavy atom. The lowest BCUT2D eigenvalue weighted by Gasteiger charge is -2.21. The van der Waals surface area contributed by atoms with Crippen LogP contribution in [0.4, 0.5) is 0 Å². The van der Waals surface area contributed by atoms with Crippen molar-refractivity contribution in [3.63, 3.8) is 0 Å². The summed E-state index contributed by atoms with van der Waals surface area (Å²) in [5.41, 5.74) is 0.777. The summed E-state index contributed by atoms with van der Waals surface area (Å²) >= 11 is 0. The van der Waals surface area contributed by atoms with Crippen LogP contribution < -0.4 is 5.01 Å². The van der Waals surface area contributed by atoms with E-state index in [-0.39, 0.29) is 6.54 Å². The molecule has 17 heavy (non-hydrogen) atoms. The number of aromatic nitrogens is 2. The predicted molar refractivity (Wildman–Crippen MR) is 62.8 cm³/mol. The number of hydrogen-bond donors (Lipinski definition) is 1. The Morgan fingerprint density at radius 1 is 1.41 bits per heavy atom. The Hall–Kier alpha value is -2.14. The number of aliphatic hydroxyl groups is 1. The summed E-state index contributed by atoms with van der Waals surface area (Å²) in [6.45, 7) is 0.184. The summed E-state index contributed by atoms with van der Waals surface area (Å²) in [6, 6.07) is 9.22. The lowest BCUT2D eigenvalue weighted by molar-refractivity contribution is -0.109. The Labute approximate surface area is 98.9 Å². The fourth-order valence-corrected chi connectivity index (χ4v) is 1.55. The molecule has 0 bridgehead atoms. The summed E-state index contributed by atoms with van der Waals surface area (Å²) in [5, 5.41) is 11.3. The number of amides is 1. The first kappa shape index (κ1) is 11.3. The largest absolute Gasteiger partial charge is 0.386 e. The highest BCUT2D eigenvalue weighted by Crippen LogP contribution is 2.12. The predicted octanol–water partition coefficient (Wildman–Crippen LogP) is 0.711. The summed E-state index contributed by atoms with van der Waals surface area (Å²) in [5.74, 6) is 0. The molecular weight excluding hydrogens is 218 g/mol. The van der Waals surface area contributed by atoms with E-state index in [1.165, 1.54) is 16.0 Å². The fraction of sp³-hybridized carbons (Fsp3) is 0.167. The van der Waals surface area contributed by atoms with Crippen molar-refractivity contribution in [2.24, 2.45) is 0 Å². The minimum absolute atomic E-state index is 0.184. The first-order chi connectivity index (χ1) is 8.31. The van der Waals surface area contributed by atoms with Crippen LogP contribution in [-0.2, 0) is 4.79 Å². The molecule has 0 aliphatic rings. The van der Waals surface area contributed by atoms with Gasteiger partial charge in [0, 0.05) is 12.4 Å². The SMILES string of the molecule is O=CN(CC(O)c1ccccc1)n1ccnc1. The molecule has 1 aromatic carbocycles. The molecule has 0 aliphatic heterocycles. The van der Waals surface area contributed by atoms with Crippen LogP contribution in [0.15, 0.2) is 49.1 Å². The number of hydrogen-bond acceptors (Lipinski definition) is 3. The third-order valence-corrected chi connectivity index (χ3v) is 2.45. The van der Waals surface area contributed by atoms with Gasteiger partial charge in [-0.05, 0) is 5.56 Å². The number of rotatable bonds is 5. The monoisotopic (exact) mass is 231 g/mol. The van der Waals surface area contributed by atoms with Gasteiger partial charge in [0.05, 0.1) is 12.6 Å². The van der Waals surface area contributed by atoms with Crippen LogP contribution >= 0.6 is 0 Å². The lowest BCUT2D eigenvalue weighted by atomic mass is 10.1. The van der Waals surface area contributed by atoms with Crippen molar-refractivity contribution in [3.05, 3.63) is 54.6 Å². The molecule has 0 radical (unpaired) electrons. The van der Waals surface area contributed by atoms with Gasteiger partial charge < -0.3 is 5.11 Å². The number of imidazole rings is 1. The van der Waals surface area contributed by atoms with Gasteiger partial charge in [0.25, 0.3) is 0 Å². The van der Waals surface area contributed by atoms with E-state index in [2.05, 4.69) is 4.98 Å². The summed E-state index contributed by atoms with van der Waals surface area (Å²) in [7, 11) is 0. The second-order valence-corrected chi connectivity index (χ2v) is 3.60. The van der Waals surface area contributed by atoms with E-state index in [1.54, 1.807) is 12.4 Å². The molecule has 5 heteroatoms. The van der Waals surface area contributed by atoms with Gasteiger partial charge in [-0.15, -0.1) is 0 Å². The van der Waals surface area contributed by atoms with Crippen LogP contribution in [0.25, 0.3) is 0 Å². The Kier molecular flexibility index (Phi) is 3.52. The van der Waals surface area contributed by atoms with Gasteiger partial charge in [-0.2, -0.15) is 0 Å². The highest BCUT2D eigenvalue weighted by molar-refractivity contribution is 5.60. The molecule has 2 aromatic rings. The first-order valence-electron chi connectivity index (χ1n) is 5.24. The minimum Gasteiger partial charge on any atom is -0.386 e. The van der Waals surface area contributed by atoms with Gasteiger partial charge in [0.1, 0.15) is 6.33 Å². The van der Waals surface area contributed by atoms with E-state index < -0.39 is 6.10 Å². The average Bonchev–Trinajstić information content (AvgIpc) is 2.90. The molecule has 0 saturated carbocycles. The molecular formula is C12H13N3O2. The maximum Gasteiger partial charge on any atom is 0.228 e. The molecule has 1 amide bonds. The van der Waals surface area contributed by atoms with E-state index in [9.17, 15) is 9.90 Å². The summed E-state index contributed by atoms with van der Waals surface area (Å²) in [4.78, 5) is 14.8. The zero-order valence-electron chi connectivity index (χ0n) is 9.18. The topological polar surface area (TPSA) is 58.4 Å². The van der Waals surface area contributed by atoms with Crippen molar-refractivity contribution in [3.8, 4) is 0 Å². The average molecular weight is 231 g/mol. The molecule has 0 fully saturated rings. The third-order valence-electron chi connectivity index (χ3n) is 2.45. The highest BCUT2D eigenvalue weighted by atomic mass is 16.3. The van der Waals surface area contributed by atoms with Crippen LogP contribution in [0.1, 0.15) is 11.7 Å². The zero-order chi connectivity index (χ0) is 12.1. The number of aliphatic hydroxyl groups excluding tert-OH is 1. The Bertz CT molecular complexity index is 456. The van der Waals surface area contributed by atoms with Crippen LogP contribution in [0.2, 0.25) is 0 Å². The molecule has 0 spiro atoms. The van der Waals surface area contributed by atoms with Crippen LogP contribution in [-0.4, -0.2) is 27.7 Å². The quantitative estimate of drug-likeness (QED) is 0.771. The van der Waals surface area contributed by atoms with Crippen molar-refractivity contribution in [2.45, 2.75) is 6.10 Å². The zero-order valence-corrected chi connectivity index (χ0v) is 9.18. The molecule has 1 heterocycles. The molecule has 1 unspecified atom stereocenters. The van der Waals surface area contributed by atoms with E-state index in [0.717, 1.165) is 5.56 Å². The minimum atomic E-state index is -0.719. The summed E-state index contributed by atoms with van der Waals surface area (Å²) in [6.07, 6.45) is 4.67. The van der Waals surface area contributed by atoms with Gasteiger partial charge in [-0.3, -0.25) is 4.79 Å². The Balaban J connectivity index is 2.07. The van der Waals surface area contributed by atoms with Gasteiger partial charge in [0.2, 0.25) is 6.41 Å². The van der Waals surface area contributed by atoms with Crippen molar-refractivity contribution >= 4 is 6.41 Å². The third kappa shape index (κ3) is 2.70. The molecule has 5 nitrogen and oxygen atoms in total. The molecule has 1 aromatic heterocycles. The smallest absolute Gasteiger partial charge is 0.228 e. The molecule has 1 N–H and O–H groups in total. The number of carbonyl (C=O) groups is 1. The highest BCUT2D eigenvalue weighted by Gasteiger charge is 2.12. The number of nitrogens with zero attached hydrogens (tertiary/aromatic N) is 3. The Morgan fingerprint density at radius 3 is 2.76 bits per heavy atom. The van der Waals surface area contributed by atoms with Gasteiger partial charge in [0.15, 0.2) is 0 Å². The van der Waals surface area contributed by atoms with Gasteiger partial charge in [-0.1, -0.05) is 30.3 Å². The molecule has 0 aliphatic carbocycles. The van der Waals surface area contributed by atoms with Crippen molar-refractivity contribution in [1.29, 1.82) is 0 Å². The van der Waals surface area contributed by atoms with E-state index in [4.69, 9.17) is 0 Å². The molecule has 2 rings (SSSR count). The maximum atomic E-state index is 10.9. The van der Waals surface area contributed by atoms with Gasteiger partial charge >= 0.3 is 0 Å². The first-order valence-corrected chi connectivity index (χ1v) is 5.24. The standard InChI is InChI=1S/C12H13N3O2/c16-10-15(14-7-6-13-9-14)8-12(17)11-4-2-1-3-5-11/h1-7,9-10,12,17H,8H2. The van der Waals surface area contributed by atoms with Crippen molar-refractivity contribution in [2.75, 3.05) is 11.6 Å². The van der Waals surface area contributed by atoms with Crippen LogP contribution in [0, 0.1) is 0 Å². The normalized spacial score (nSPS) is 12.1. The van der Waals surface area contributed by atoms with E-state index in [0.29, 0.717) is 6.41 Å². The maximum absolute atomic E-state index is 10.9. The number of benzene rings is 1. The summed E-state index contributed by atoms with van der Waals surface area (Å²) < 4.78 is 1.53. The van der Waals surface area contributed by atoms with E-state index in [1.807, 2.05) is 30.3 Å².